The molecule has 1 fully saturated rings. The summed E-state index contributed by atoms with van der Waals surface area (Å²) in [5.74, 6) is 5.05. The third kappa shape index (κ3) is 5.48. The van der Waals surface area contributed by atoms with Crippen LogP contribution in [-0.2, 0) is 19.6 Å². The van der Waals surface area contributed by atoms with E-state index < -0.39 is 33.7 Å². The van der Waals surface area contributed by atoms with Crippen molar-refractivity contribution in [3.05, 3.63) is 24.3 Å². The molecule has 0 aromatic heterocycles. The summed E-state index contributed by atoms with van der Waals surface area (Å²) in [5, 5.41) is 12.6. The summed E-state index contributed by atoms with van der Waals surface area (Å²) in [5.41, 5.74) is -1.16. The van der Waals surface area contributed by atoms with E-state index in [2.05, 4.69) is 17.2 Å². The maximum Gasteiger partial charge on any atom is 0.325 e. The SMILES string of the molecule is CNC(C)C#CCOc1ccc(S(=O)(=O)N2CC(C)OC(C)(C)C2C(=O)O)cc1. The molecule has 9 heteroatoms. The lowest BCUT2D eigenvalue weighted by molar-refractivity contribution is -0.174. The number of nitrogens with zero attached hydrogens (tertiary/aromatic N) is 1. The van der Waals surface area contributed by atoms with Crippen LogP contribution in [0.2, 0.25) is 0 Å². The molecule has 1 heterocycles. The smallest absolute Gasteiger partial charge is 0.325 e. The molecule has 3 unspecified atom stereocenters. The van der Waals surface area contributed by atoms with E-state index >= 15 is 0 Å². The molecule has 0 saturated carbocycles. The summed E-state index contributed by atoms with van der Waals surface area (Å²) in [7, 11) is -2.23. The van der Waals surface area contributed by atoms with Crippen molar-refractivity contribution in [2.24, 2.45) is 0 Å². The van der Waals surface area contributed by atoms with Crippen LogP contribution in [0.4, 0.5) is 0 Å². The maximum atomic E-state index is 13.2. The van der Waals surface area contributed by atoms with Crippen LogP contribution in [0.15, 0.2) is 29.2 Å². The van der Waals surface area contributed by atoms with E-state index in [4.69, 9.17) is 9.47 Å². The van der Waals surface area contributed by atoms with Gasteiger partial charge in [-0.1, -0.05) is 11.8 Å². The Morgan fingerprint density at radius 1 is 1.41 bits per heavy atom. The summed E-state index contributed by atoms with van der Waals surface area (Å²) in [4.78, 5) is 11.8. The number of rotatable bonds is 6. The summed E-state index contributed by atoms with van der Waals surface area (Å²) in [6, 6.07) is 4.58. The van der Waals surface area contributed by atoms with Crippen molar-refractivity contribution < 1.29 is 27.8 Å². The van der Waals surface area contributed by atoms with E-state index in [0.717, 1.165) is 4.31 Å². The molecule has 1 aromatic rings. The lowest BCUT2D eigenvalue weighted by Crippen LogP contribution is -2.63. The van der Waals surface area contributed by atoms with Gasteiger partial charge in [-0.2, -0.15) is 4.31 Å². The normalized spacial score (nSPS) is 22.9. The lowest BCUT2D eigenvalue weighted by Gasteiger charge is -2.45. The standard InChI is InChI=1S/C20H28N2O6S/c1-14(21-5)7-6-12-27-16-8-10-17(11-9-16)29(25,26)22-13-15(2)28-20(3,4)18(22)19(23)24/h8-11,14-15,18,21H,12-13H2,1-5H3,(H,23,24). The van der Waals surface area contributed by atoms with Gasteiger partial charge in [0.2, 0.25) is 10.0 Å². The number of nitrogens with one attached hydrogen (secondary N) is 1. The molecule has 0 aliphatic carbocycles. The molecular formula is C20H28N2O6S. The van der Waals surface area contributed by atoms with Crippen molar-refractivity contribution in [1.82, 2.24) is 9.62 Å². The average molecular weight is 425 g/mol. The van der Waals surface area contributed by atoms with Crippen molar-refractivity contribution in [2.45, 2.75) is 56.4 Å². The van der Waals surface area contributed by atoms with E-state index in [-0.39, 0.29) is 24.1 Å². The van der Waals surface area contributed by atoms with Gasteiger partial charge >= 0.3 is 5.97 Å². The molecule has 1 aliphatic rings. The van der Waals surface area contributed by atoms with E-state index in [1.807, 2.05) is 14.0 Å². The molecule has 1 aliphatic heterocycles. The third-order valence-electron chi connectivity index (χ3n) is 4.62. The number of ether oxygens (including phenoxy) is 2. The van der Waals surface area contributed by atoms with Gasteiger partial charge in [-0.05, 0) is 59.0 Å². The van der Waals surface area contributed by atoms with Gasteiger partial charge < -0.3 is 19.9 Å². The number of carbonyl (C=O) groups is 1. The topological polar surface area (TPSA) is 105 Å². The zero-order valence-electron chi connectivity index (χ0n) is 17.3. The number of hydrogen-bond donors (Lipinski definition) is 2. The second-order valence-electron chi connectivity index (χ2n) is 7.44. The van der Waals surface area contributed by atoms with Crippen LogP contribution in [-0.4, -0.2) is 67.8 Å². The Kier molecular flexibility index (Phi) is 7.30. The molecule has 1 aromatic carbocycles. The van der Waals surface area contributed by atoms with Gasteiger partial charge in [-0.25, -0.2) is 8.42 Å². The first-order valence-electron chi connectivity index (χ1n) is 9.30. The molecule has 2 rings (SSSR count). The molecular weight excluding hydrogens is 396 g/mol. The molecule has 160 valence electrons. The molecule has 0 radical (unpaired) electrons. The monoisotopic (exact) mass is 424 g/mol. The van der Waals surface area contributed by atoms with Crippen molar-refractivity contribution in [3.8, 4) is 17.6 Å². The maximum absolute atomic E-state index is 13.2. The highest BCUT2D eigenvalue weighted by Gasteiger charge is 2.50. The molecule has 0 bridgehead atoms. The van der Waals surface area contributed by atoms with Gasteiger partial charge in [-0.15, -0.1) is 0 Å². The minimum Gasteiger partial charge on any atom is -0.481 e. The highest BCUT2D eigenvalue weighted by molar-refractivity contribution is 7.89. The Morgan fingerprint density at radius 3 is 2.59 bits per heavy atom. The minimum absolute atomic E-state index is 0.00381. The Labute approximate surface area is 172 Å². The minimum atomic E-state index is -4.04. The zero-order valence-corrected chi connectivity index (χ0v) is 18.1. The lowest BCUT2D eigenvalue weighted by atomic mass is 9.96. The number of carboxylic acids is 1. The molecule has 1 saturated heterocycles. The van der Waals surface area contributed by atoms with Gasteiger partial charge in [0.1, 0.15) is 12.4 Å². The van der Waals surface area contributed by atoms with Crippen LogP contribution in [0.1, 0.15) is 27.7 Å². The molecule has 0 amide bonds. The average Bonchev–Trinajstić information content (AvgIpc) is 2.63. The van der Waals surface area contributed by atoms with E-state index in [0.29, 0.717) is 5.75 Å². The van der Waals surface area contributed by atoms with Crippen LogP contribution >= 0.6 is 0 Å². The van der Waals surface area contributed by atoms with Crippen LogP contribution in [0, 0.1) is 11.8 Å². The molecule has 29 heavy (non-hydrogen) atoms. The summed E-state index contributed by atoms with van der Waals surface area (Å²) in [6.45, 7) is 6.93. The summed E-state index contributed by atoms with van der Waals surface area (Å²) >= 11 is 0. The Hall–Kier alpha value is -2.12. The highest BCUT2D eigenvalue weighted by atomic mass is 32.2. The molecule has 0 spiro atoms. The first-order chi connectivity index (χ1) is 13.5. The first kappa shape index (κ1) is 23.2. The van der Waals surface area contributed by atoms with Gasteiger partial charge in [0.15, 0.2) is 6.04 Å². The Bertz CT molecular complexity index is 886. The number of carboxylic acid groups (broad SMARTS) is 1. The number of aliphatic carboxylic acids is 1. The molecule has 8 nitrogen and oxygen atoms in total. The fraction of sp³-hybridized carbons (Fsp3) is 0.550. The number of benzene rings is 1. The summed E-state index contributed by atoms with van der Waals surface area (Å²) in [6.07, 6.45) is -0.434. The van der Waals surface area contributed by atoms with E-state index in [1.54, 1.807) is 20.8 Å². The van der Waals surface area contributed by atoms with E-state index in [1.165, 1.54) is 24.3 Å². The van der Waals surface area contributed by atoms with Crippen molar-refractivity contribution in [1.29, 1.82) is 0 Å². The molecule has 2 N–H and O–H groups in total. The van der Waals surface area contributed by atoms with Crippen molar-refractivity contribution in [2.75, 3.05) is 20.2 Å². The van der Waals surface area contributed by atoms with Crippen molar-refractivity contribution >= 4 is 16.0 Å². The van der Waals surface area contributed by atoms with Crippen molar-refractivity contribution in [3.63, 3.8) is 0 Å². The second kappa shape index (κ2) is 9.13. The first-order valence-corrected chi connectivity index (χ1v) is 10.7. The fourth-order valence-corrected chi connectivity index (χ4v) is 4.99. The predicted octanol–water partition coefficient (Wildman–Crippen LogP) is 1.32. The van der Waals surface area contributed by atoms with Gasteiger partial charge in [0.25, 0.3) is 0 Å². The Balaban J connectivity index is 2.21. The van der Waals surface area contributed by atoms with Crippen LogP contribution in [0.25, 0.3) is 0 Å². The Morgan fingerprint density at radius 2 is 2.03 bits per heavy atom. The van der Waals surface area contributed by atoms with Crippen LogP contribution in [0.3, 0.4) is 0 Å². The second-order valence-corrected chi connectivity index (χ2v) is 9.33. The third-order valence-corrected chi connectivity index (χ3v) is 6.46. The van der Waals surface area contributed by atoms with E-state index in [9.17, 15) is 18.3 Å². The number of morpholine rings is 1. The largest absolute Gasteiger partial charge is 0.481 e. The predicted molar refractivity (Wildman–Crippen MR) is 108 cm³/mol. The zero-order chi connectivity index (χ0) is 21.8. The highest BCUT2D eigenvalue weighted by Crippen LogP contribution is 2.33. The van der Waals surface area contributed by atoms with Crippen LogP contribution in [0.5, 0.6) is 5.75 Å². The number of hydrogen-bond acceptors (Lipinski definition) is 6. The van der Waals surface area contributed by atoms with Crippen LogP contribution < -0.4 is 10.1 Å². The van der Waals surface area contributed by atoms with Gasteiger partial charge in [0.05, 0.1) is 22.6 Å². The molecule has 3 atom stereocenters. The van der Waals surface area contributed by atoms with Gasteiger partial charge in [0, 0.05) is 6.54 Å². The summed E-state index contributed by atoms with van der Waals surface area (Å²) < 4.78 is 38.5. The quantitative estimate of drug-likeness (QED) is 0.664. The fourth-order valence-electron chi connectivity index (χ4n) is 3.21. The number of sulfonamides is 1. The van der Waals surface area contributed by atoms with Gasteiger partial charge in [-0.3, -0.25) is 4.79 Å².